The summed E-state index contributed by atoms with van der Waals surface area (Å²) in [5, 5.41) is 3.60. The first-order chi connectivity index (χ1) is 8.76. The van der Waals surface area contributed by atoms with Gasteiger partial charge in [0.2, 0.25) is 5.91 Å². The maximum absolute atomic E-state index is 13.2. The van der Waals surface area contributed by atoms with Crippen LogP contribution in [0.4, 0.5) is 4.39 Å². The molecule has 0 aliphatic rings. The van der Waals surface area contributed by atoms with Crippen molar-refractivity contribution in [2.75, 3.05) is 0 Å². The number of halogens is 1. The highest BCUT2D eigenvalue weighted by Gasteiger charge is 2.18. The number of fused-ring (bicyclic) bond motifs is 1. The van der Waals surface area contributed by atoms with Gasteiger partial charge in [-0.05, 0) is 51.5 Å². The zero-order chi connectivity index (χ0) is 14.2. The van der Waals surface area contributed by atoms with Crippen LogP contribution in [0.25, 0.3) is 11.0 Å². The molecule has 2 aromatic rings. The average molecular weight is 263 g/mol. The molecule has 0 saturated heterocycles. The van der Waals surface area contributed by atoms with Crippen molar-refractivity contribution in [2.24, 2.45) is 0 Å². The molecule has 1 aromatic carbocycles. The first kappa shape index (κ1) is 13.6. The van der Waals surface area contributed by atoms with Crippen molar-refractivity contribution in [3.8, 4) is 0 Å². The van der Waals surface area contributed by atoms with Gasteiger partial charge in [0.1, 0.15) is 17.2 Å². The second-order valence-corrected chi connectivity index (χ2v) is 5.77. The van der Waals surface area contributed by atoms with Crippen LogP contribution in [0.15, 0.2) is 22.6 Å². The van der Waals surface area contributed by atoms with Crippen LogP contribution >= 0.6 is 0 Å². The molecule has 1 N–H and O–H groups in total. The van der Waals surface area contributed by atoms with Gasteiger partial charge in [0, 0.05) is 10.9 Å². The van der Waals surface area contributed by atoms with Crippen LogP contribution in [0.5, 0.6) is 0 Å². The van der Waals surface area contributed by atoms with Gasteiger partial charge >= 0.3 is 0 Å². The Balaban J connectivity index is 2.26. The van der Waals surface area contributed by atoms with Gasteiger partial charge in [-0.15, -0.1) is 0 Å². The van der Waals surface area contributed by atoms with Crippen molar-refractivity contribution in [1.82, 2.24) is 5.32 Å². The maximum atomic E-state index is 13.2. The van der Waals surface area contributed by atoms with Crippen LogP contribution in [0.2, 0.25) is 0 Å². The topological polar surface area (TPSA) is 42.2 Å². The lowest BCUT2D eigenvalue weighted by atomic mass is 10.1. The lowest BCUT2D eigenvalue weighted by molar-refractivity contribution is -0.122. The molecule has 0 saturated carbocycles. The Morgan fingerprint density at radius 2 is 2.05 bits per heavy atom. The zero-order valence-corrected chi connectivity index (χ0v) is 11.6. The number of carbonyl (C=O) groups excluding carboxylic acids is 1. The number of amides is 1. The SMILES string of the molecule is Cc1c(CC(=O)NC(C)(C)C)oc2ccc(F)cc12. The zero-order valence-electron chi connectivity index (χ0n) is 11.6. The fraction of sp³-hybridized carbons (Fsp3) is 0.400. The van der Waals surface area contributed by atoms with Crippen molar-refractivity contribution >= 4 is 16.9 Å². The number of benzene rings is 1. The van der Waals surface area contributed by atoms with Crippen LogP contribution in [-0.2, 0) is 11.2 Å². The molecule has 1 aromatic heterocycles. The second-order valence-electron chi connectivity index (χ2n) is 5.77. The Labute approximate surface area is 111 Å². The monoisotopic (exact) mass is 263 g/mol. The lowest BCUT2D eigenvalue weighted by Gasteiger charge is -2.20. The number of furan rings is 1. The molecule has 1 heterocycles. The lowest BCUT2D eigenvalue weighted by Crippen LogP contribution is -2.41. The van der Waals surface area contributed by atoms with E-state index in [4.69, 9.17) is 4.42 Å². The molecule has 0 spiro atoms. The number of aryl methyl sites for hydroxylation is 1. The van der Waals surface area contributed by atoms with Gasteiger partial charge in [-0.3, -0.25) is 4.79 Å². The van der Waals surface area contributed by atoms with Gasteiger partial charge in [-0.1, -0.05) is 0 Å². The molecule has 0 aliphatic heterocycles. The third-order valence-corrected chi connectivity index (χ3v) is 2.83. The van der Waals surface area contributed by atoms with Gasteiger partial charge in [-0.2, -0.15) is 0 Å². The van der Waals surface area contributed by atoms with E-state index < -0.39 is 0 Å². The molecule has 2 rings (SSSR count). The molecule has 0 unspecified atom stereocenters. The minimum Gasteiger partial charge on any atom is -0.460 e. The van der Waals surface area contributed by atoms with Crippen molar-refractivity contribution in [3.05, 3.63) is 35.3 Å². The molecule has 3 nitrogen and oxygen atoms in total. The summed E-state index contributed by atoms with van der Waals surface area (Å²) in [6.07, 6.45) is 0.166. The van der Waals surface area contributed by atoms with Gasteiger partial charge in [0.25, 0.3) is 0 Å². The van der Waals surface area contributed by atoms with E-state index in [1.165, 1.54) is 12.1 Å². The molecule has 0 atom stereocenters. The number of rotatable bonds is 2. The quantitative estimate of drug-likeness (QED) is 0.903. The minimum absolute atomic E-state index is 0.102. The predicted molar refractivity (Wildman–Crippen MR) is 72.5 cm³/mol. The normalized spacial score (nSPS) is 11.8. The average Bonchev–Trinajstić information content (AvgIpc) is 2.54. The van der Waals surface area contributed by atoms with Crippen LogP contribution in [0.1, 0.15) is 32.1 Å². The summed E-state index contributed by atoms with van der Waals surface area (Å²) in [6.45, 7) is 7.61. The van der Waals surface area contributed by atoms with E-state index in [2.05, 4.69) is 5.32 Å². The first-order valence-corrected chi connectivity index (χ1v) is 6.25. The van der Waals surface area contributed by atoms with Crippen molar-refractivity contribution in [2.45, 2.75) is 39.7 Å². The Kier molecular flexibility index (Phi) is 3.35. The Bertz CT molecular complexity index is 623. The van der Waals surface area contributed by atoms with Crippen molar-refractivity contribution in [1.29, 1.82) is 0 Å². The number of carbonyl (C=O) groups is 1. The smallest absolute Gasteiger partial charge is 0.228 e. The summed E-state index contributed by atoms with van der Waals surface area (Å²) in [5.74, 6) is 0.180. The molecule has 0 bridgehead atoms. The summed E-state index contributed by atoms with van der Waals surface area (Å²) >= 11 is 0. The Morgan fingerprint density at radius 1 is 1.37 bits per heavy atom. The molecule has 0 radical (unpaired) electrons. The van der Waals surface area contributed by atoms with Gasteiger partial charge in [-0.25, -0.2) is 4.39 Å². The predicted octanol–water partition coefficient (Wildman–Crippen LogP) is 3.34. The van der Waals surface area contributed by atoms with Crippen LogP contribution in [-0.4, -0.2) is 11.4 Å². The molecule has 19 heavy (non-hydrogen) atoms. The molecule has 0 aliphatic carbocycles. The molecular formula is C15H18FNO2. The molecule has 102 valence electrons. The number of hydrogen-bond acceptors (Lipinski definition) is 2. The summed E-state index contributed by atoms with van der Waals surface area (Å²) in [5.41, 5.74) is 1.15. The highest BCUT2D eigenvalue weighted by atomic mass is 19.1. The summed E-state index contributed by atoms with van der Waals surface area (Å²) < 4.78 is 18.8. The van der Waals surface area contributed by atoms with Gasteiger partial charge in [0.05, 0.1) is 6.42 Å². The summed E-state index contributed by atoms with van der Waals surface area (Å²) in [4.78, 5) is 11.9. The maximum Gasteiger partial charge on any atom is 0.228 e. The highest BCUT2D eigenvalue weighted by molar-refractivity contribution is 5.85. The molecule has 0 fully saturated rings. The van der Waals surface area contributed by atoms with E-state index in [1.807, 2.05) is 27.7 Å². The van der Waals surface area contributed by atoms with Gasteiger partial charge < -0.3 is 9.73 Å². The fourth-order valence-corrected chi connectivity index (χ4v) is 2.02. The third-order valence-electron chi connectivity index (χ3n) is 2.83. The van der Waals surface area contributed by atoms with E-state index in [0.29, 0.717) is 11.3 Å². The van der Waals surface area contributed by atoms with Crippen molar-refractivity contribution < 1.29 is 13.6 Å². The van der Waals surface area contributed by atoms with Crippen LogP contribution in [0.3, 0.4) is 0 Å². The van der Waals surface area contributed by atoms with E-state index in [9.17, 15) is 9.18 Å². The Morgan fingerprint density at radius 3 is 2.68 bits per heavy atom. The second kappa shape index (κ2) is 4.68. The van der Waals surface area contributed by atoms with Crippen LogP contribution in [0, 0.1) is 12.7 Å². The van der Waals surface area contributed by atoms with Crippen LogP contribution < -0.4 is 5.32 Å². The standard InChI is InChI=1S/C15H18FNO2/c1-9-11-7-10(16)5-6-12(11)19-13(9)8-14(18)17-15(2,3)4/h5-7H,8H2,1-4H3,(H,17,18). The largest absolute Gasteiger partial charge is 0.460 e. The molecule has 4 heteroatoms. The highest BCUT2D eigenvalue weighted by Crippen LogP contribution is 2.26. The van der Waals surface area contributed by atoms with E-state index in [1.54, 1.807) is 6.07 Å². The summed E-state index contributed by atoms with van der Waals surface area (Å²) in [7, 11) is 0. The molecular weight excluding hydrogens is 245 g/mol. The first-order valence-electron chi connectivity index (χ1n) is 6.25. The van der Waals surface area contributed by atoms with E-state index in [0.717, 1.165) is 10.9 Å². The number of hydrogen-bond donors (Lipinski definition) is 1. The van der Waals surface area contributed by atoms with E-state index in [-0.39, 0.29) is 23.7 Å². The third kappa shape index (κ3) is 3.13. The van der Waals surface area contributed by atoms with Crippen molar-refractivity contribution in [3.63, 3.8) is 0 Å². The fourth-order valence-electron chi connectivity index (χ4n) is 2.02. The molecule has 1 amide bonds. The Hall–Kier alpha value is -1.84. The van der Waals surface area contributed by atoms with Gasteiger partial charge in [0.15, 0.2) is 0 Å². The number of nitrogens with one attached hydrogen (secondary N) is 1. The summed E-state index contributed by atoms with van der Waals surface area (Å²) in [6, 6.07) is 4.37. The minimum atomic E-state index is -0.304. The van der Waals surface area contributed by atoms with E-state index >= 15 is 0 Å².